The Bertz CT molecular complexity index is 713. The minimum absolute atomic E-state index is 0.103. The molecule has 0 saturated heterocycles. The van der Waals surface area contributed by atoms with Crippen LogP contribution in [0.4, 0.5) is 10.1 Å². The van der Waals surface area contributed by atoms with Crippen LogP contribution in [-0.2, 0) is 4.74 Å². The molecule has 0 aromatic heterocycles. The van der Waals surface area contributed by atoms with Crippen LogP contribution in [-0.4, -0.2) is 10.9 Å². The summed E-state index contributed by atoms with van der Waals surface area (Å²) in [5.41, 5.74) is 1.07. The molecule has 2 aromatic rings. The number of hydrogen-bond donors (Lipinski definition) is 0. The zero-order valence-electron chi connectivity index (χ0n) is 12.1. The largest absolute Gasteiger partial charge is 0.454 e. The number of aryl methyl sites for hydroxylation is 1. The Hall–Kier alpha value is -2.76. The fourth-order valence-corrected chi connectivity index (χ4v) is 1.96. The standard InChI is InChI=1S/C16H14FNO4/c1-10-3-4-13(9-15(10)18(20)21)16(19)22-11(2)12-5-7-14(17)8-6-12/h3-9,11H,1-2H3. The van der Waals surface area contributed by atoms with Crippen molar-refractivity contribution in [2.45, 2.75) is 20.0 Å². The first kappa shape index (κ1) is 15.6. The highest BCUT2D eigenvalue weighted by molar-refractivity contribution is 5.90. The Balaban J connectivity index is 2.16. The van der Waals surface area contributed by atoms with Crippen LogP contribution in [0.2, 0.25) is 0 Å². The van der Waals surface area contributed by atoms with Crippen LogP contribution in [0.1, 0.15) is 34.5 Å². The maximum atomic E-state index is 12.9. The van der Waals surface area contributed by atoms with E-state index in [0.29, 0.717) is 11.1 Å². The highest BCUT2D eigenvalue weighted by Crippen LogP contribution is 2.23. The summed E-state index contributed by atoms with van der Waals surface area (Å²) >= 11 is 0. The van der Waals surface area contributed by atoms with E-state index in [1.165, 1.54) is 42.5 Å². The molecule has 0 radical (unpaired) electrons. The summed E-state index contributed by atoms with van der Waals surface area (Å²) in [6, 6.07) is 9.75. The highest BCUT2D eigenvalue weighted by atomic mass is 19.1. The molecule has 2 aromatic carbocycles. The molecule has 0 aliphatic carbocycles. The monoisotopic (exact) mass is 303 g/mol. The molecule has 0 aliphatic rings. The van der Waals surface area contributed by atoms with E-state index in [2.05, 4.69) is 0 Å². The van der Waals surface area contributed by atoms with Crippen LogP contribution in [0.5, 0.6) is 0 Å². The normalized spacial score (nSPS) is 11.8. The zero-order valence-corrected chi connectivity index (χ0v) is 12.1. The molecule has 0 aliphatic heterocycles. The topological polar surface area (TPSA) is 69.4 Å². The number of rotatable bonds is 4. The summed E-state index contributed by atoms with van der Waals surface area (Å²) in [5, 5.41) is 10.9. The van der Waals surface area contributed by atoms with Gasteiger partial charge in [-0.3, -0.25) is 10.1 Å². The number of nitro groups is 1. The number of halogens is 1. The number of nitrogens with zero attached hydrogens (tertiary/aromatic N) is 1. The molecule has 0 N–H and O–H groups in total. The van der Waals surface area contributed by atoms with Crippen molar-refractivity contribution in [1.29, 1.82) is 0 Å². The van der Waals surface area contributed by atoms with Crippen molar-refractivity contribution in [2.75, 3.05) is 0 Å². The van der Waals surface area contributed by atoms with E-state index in [1.807, 2.05) is 0 Å². The molecular formula is C16H14FNO4. The van der Waals surface area contributed by atoms with E-state index < -0.39 is 17.0 Å². The first-order chi connectivity index (χ1) is 10.4. The first-order valence-electron chi connectivity index (χ1n) is 6.60. The predicted molar refractivity (Wildman–Crippen MR) is 78.1 cm³/mol. The van der Waals surface area contributed by atoms with Crippen molar-refractivity contribution in [2.24, 2.45) is 0 Å². The summed E-state index contributed by atoms with van der Waals surface area (Å²) in [6.07, 6.45) is -0.589. The molecule has 0 amide bonds. The van der Waals surface area contributed by atoms with E-state index in [4.69, 9.17) is 4.74 Å². The second kappa shape index (κ2) is 6.34. The van der Waals surface area contributed by atoms with Gasteiger partial charge in [0.05, 0.1) is 10.5 Å². The van der Waals surface area contributed by atoms with Crippen molar-refractivity contribution in [3.8, 4) is 0 Å². The van der Waals surface area contributed by atoms with Gasteiger partial charge in [0.25, 0.3) is 5.69 Å². The van der Waals surface area contributed by atoms with Crippen LogP contribution in [0.3, 0.4) is 0 Å². The van der Waals surface area contributed by atoms with Crippen LogP contribution in [0.25, 0.3) is 0 Å². The Kier molecular flexibility index (Phi) is 4.50. The van der Waals surface area contributed by atoms with Crippen LogP contribution in [0, 0.1) is 22.9 Å². The maximum Gasteiger partial charge on any atom is 0.338 e. The van der Waals surface area contributed by atoms with Gasteiger partial charge in [0.2, 0.25) is 0 Å². The van der Waals surface area contributed by atoms with Gasteiger partial charge >= 0.3 is 5.97 Å². The third kappa shape index (κ3) is 3.46. The molecule has 0 spiro atoms. The summed E-state index contributed by atoms with van der Waals surface area (Å²) < 4.78 is 18.1. The minimum Gasteiger partial charge on any atom is -0.454 e. The number of hydrogen-bond acceptors (Lipinski definition) is 4. The van der Waals surface area contributed by atoms with Crippen LogP contribution >= 0.6 is 0 Å². The number of ether oxygens (including phenoxy) is 1. The van der Waals surface area contributed by atoms with Gasteiger partial charge < -0.3 is 4.74 Å². The number of esters is 1. The molecule has 2 rings (SSSR count). The quantitative estimate of drug-likeness (QED) is 0.487. The fraction of sp³-hybridized carbons (Fsp3) is 0.188. The third-order valence-electron chi connectivity index (χ3n) is 3.26. The molecular weight excluding hydrogens is 289 g/mol. The Morgan fingerprint density at radius 1 is 1.23 bits per heavy atom. The average Bonchev–Trinajstić information content (AvgIpc) is 2.47. The lowest BCUT2D eigenvalue weighted by atomic mass is 10.1. The Morgan fingerprint density at radius 3 is 2.45 bits per heavy atom. The molecule has 114 valence electrons. The van der Waals surface area contributed by atoms with E-state index >= 15 is 0 Å². The molecule has 6 heteroatoms. The molecule has 1 atom stereocenters. The van der Waals surface area contributed by atoms with Crippen LogP contribution in [0.15, 0.2) is 42.5 Å². The first-order valence-corrected chi connectivity index (χ1v) is 6.60. The van der Waals surface area contributed by atoms with Gasteiger partial charge in [-0.2, -0.15) is 0 Å². The molecule has 0 heterocycles. The van der Waals surface area contributed by atoms with Crippen molar-refractivity contribution >= 4 is 11.7 Å². The van der Waals surface area contributed by atoms with Gasteiger partial charge in [0, 0.05) is 11.6 Å². The average molecular weight is 303 g/mol. The molecule has 1 unspecified atom stereocenters. The van der Waals surface area contributed by atoms with Crippen molar-refractivity contribution < 1.29 is 18.8 Å². The number of nitro benzene ring substituents is 1. The summed E-state index contributed by atoms with van der Waals surface area (Å²) in [4.78, 5) is 22.4. The van der Waals surface area contributed by atoms with Crippen molar-refractivity contribution in [3.63, 3.8) is 0 Å². The van der Waals surface area contributed by atoms with Gasteiger partial charge in [-0.15, -0.1) is 0 Å². The smallest absolute Gasteiger partial charge is 0.338 e. The number of benzene rings is 2. The van der Waals surface area contributed by atoms with E-state index in [-0.39, 0.29) is 17.1 Å². The summed E-state index contributed by atoms with van der Waals surface area (Å²) in [7, 11) is 0. The van der Waals surface area contributed by atoms with Crippen molar-refractivity contribution in [3.05, 3.63) is 75.1 Å². The van der Waals surface area contributed by atoms with Gasteiger partial charge in [0.1, 0.15) is 11.9 Å². The maximum absolute atomic E-state index is 12.9. The van der Waals surface area contributed by atoms with E-state index in [1.54, 1.807) is 13.8 Å². The molecule has 5 nitrogen and oxygen atoms in total. The van der Waals surface area contributed by atoms with Crippen LogP contribution < -0.4 is 0 Å². The highest BCUT2D eigenvalue weighted by Gasteiger charge is 2.18. The summed E-state index contributed by atoms with van der Waals surface area (Å²) in [5.74, 6) is -1.05. The summed E-state index contributed by atoms with van der Waals surface area (Å²) in [6.45, 7) is 3.24. The molecule has 0 fully saturated rings. The molecule has 22 heavy (non-hydrogen) atoms. The lowest BCUT2D eigenvalue weighted by Crippen LogP contribution is -2.10. The minimum atomic E-state index is -0.667. The lowest BCUT2D eigenvalue weighted by molar-refractivity contribution is -0.385. The van der Waals surface area contributed by atoms with Gasteiger partial charge in [-0.05, 0) is 37.6 Å². The fourth-order valence-electron chi connectivity index (χ4n) is 1.96. The predicted octanol–water partition coefficient (Wildman–Crippen LogP) is 3.96. The number of carbonyl (C=O) groups excluding carboxylic acids is 1. The van der Waals surface area contributed by atoms with Gasteiger partial charge in [-0.25, -0.2) is 9.18 Å². The third-order valence-corrected chi connectivity index (χ3v) is 3.26. The van der Waals surface area contributed by atoms with E-state index in [9.17, 15) is 19.3 Å². The second-order valence-electron chi connectivity index (χ2n) is 4.86. The molecule has 0 saturated carbocycles. The Morgan fingerprint density at radius 2 is 1.86 bits per heavy atom. The Labute approximate surface area is 126 Å². The second-order valence-corrected chi connectivity index (χ2v) is 4.86. The van der Waals surface area contributed by atoms with E-state index in [0.717, 1.165) is 0 Å². The van der Waals surface area contributed by atoms with Gasteiger partial charge in [0.15, 0.2) is 0 Å². The zero-order chi connectivity index (χ0) is 16.3. The lowest BCUT2D eigenvalue weighted by Gasteiger charge is -2.13. The SMILES string of the molecule is Cc1ccc(C(=O)OC(C)c2ccc(F)cc2)cc1[N+](=O)[O-]. The number of carbonyl (C=O) groups is 1. The molecule has 0 bridgehead atoms. The van der Waals surface area contributed by atoms with Crippen molar-refractivity contribution in [1.82, 2.24) is 0 Å². The van der Waals surface area contributed by atoms with Gasteiger partial charge in [-0.1, -0.05) is 18.2 Å².